The molecule has 0 amide bonds. The number of aromatic hydroxyl groups is 1. The first kappa shape index (κ1) is 11.3. The van der Waals surface area contributed by atoms with E-state index in [0.717, 1.165) is 16.9 Å². The average molecular weight is 265 g/mol. The molecule has 2 heterocycles. The molecule has 8 heteroatoms. The number of fused-ring (bicyclic) bond motifs is 1. The van der Waals surface area contributed by atoms with Gasteiger partial charge in [-0.05, 0) is 34.5 Å². The molecule has 1 aliphatic heterocycles. The molecule has 0 saturated heterocycles. The van der Waals surface area contributed by atoms with Gasteiger partial charge >= 0.3 is 12.0 Å². The second-order valence-electron chi connectivity index (χ2n) is 3.78. The SMILES string of the molecule is O=c1[nH]c(O)c(Oc2ccc3c(c2)B(O)OC3)s1. The van der Waals surface area contributed by atoms with Crippen LogP contribution in [0.4, 0.5) is 0 Å². The summed E-state index contributed by atoms with van der Waals surface area (Å²) in [5.41, 5.74) is 1.52. The molecule has 0 saturated carbocycles. The van der Waals surface area contributed by atoms with E-state index in [0.29, 0.717) is 17.8 Å². The van der Waals surface area contributed by atoms with Crippen LogP contribution in [0, 0.1) is 0 Å². The van der Waals surface area contributed by atoms with Crippen molar-refractivity contribution >= 4 is 23.9 Å². The molecule has 0 radical (unpaired) electrons. The number of hydrogen-bond donors (Lipinski definition) is 3. The minimum Gasteiger partial charge on any atom is -0.491 e. The van der Waals surface area contributed by atoms with Gasteiger partial charge in [-0.25, -0.2) is 0 Å². The molecule has 1 aliphatic rings. The van der Waals surface area contributed by atoms with Crippen molar-refractivity contribution in [2.45, 2.75) is 6.61 Å². The third-order valence-electron chi connectivity index (χ3n) is 2.59. The first-order valence-corrected chi connectivity index (χ1v) is 5.97. The number of thiazole rings is 1. The molecular weight excluding hydrogens is 257 g/mol. The summed E-state index contributed by atoms with van der Waals surface area (Å²) >= 11 is 0.766. The third kappa shape index (κ3) is 1.90. The maximum absolute atomic E-state index is 11.0. The monoisotopic (exact) mass is 265 g/mol. The molecule has 92 valence electrons. The maximum Gasteiger partial charge on any atom is 0.491 e. The van der Waals surface area contributed by atoms with Crippen LogP contribution in [0.25, 0.3) is 0 Å². The van der Waals surface area contributed by atoms with Crippen molar-refractivity contribution in [3.8, 4) is 16.7 Å². The highest BCUT2D eigenvalue weighted by Crippen LogP contribution is 2.31. The van der Waals surface area contributed by atoms with Crippen molar-refractivity contribution in [3.05, 3.63) is 33.4 Å². The van der Waals surface area contributed by atoms with E-state index in [9.17, 15) is 14.9 Å². The number of hydrogen-bond acceptors (Lipinski definition) is 6. The molecule has 1 aromatic carbocycles. The van der Waals surface area contributed by atoms with E-state index < -0.39 is 12.0 Å². The molecule has 0 atom stereocenters. The van der Waals surface area contributed by atoms with E-state index in [1.807, 2.05) is 0 Å². The van der Waals surface area contributed by atoms with Crippen LogP contribution in [-0.4, -0.2) is 22.2 Å². The van der Waals surface area contributed by atoms with Crippen molar-refractivity contribution in [3.63, 3.8) is 0 Å². The summed E-state index contributed by atoms with van der Waals surface area (Å²) in [4.78, 5) is 12.8. The molecule has 3 N–H and O–H groups in total. The number of nitrogens with one attached hydrogen (secondary N) is 1. The normalized spacial score (nSPS) is 13.7. The highest BCUT2D eigenvalue weighted by molar-refractivity contribution is 7.11. The van der Waals surface area contributed by atoms with Gasteiger partial charge in [0.15, 0.2) is 0 Å². The Morgan fingerprint density at radius 3 is 3.06 bits per heavy atom. The molecule has 6 nitrogen and oxygen atoms in total. The van der Waals surface area contributed by atoms with E-state index in [-0.39, 0.29) is 10.9 Å². The molecule has 18 heavy (non-hydrogen) atoms. The number of aromatic amines is 1. The largest absolute Gasteiger partial charge is 0.491 e. The maximum atomic E-state index is 11.0. The molecule has 0 bridgehead atoms. The predicted molar refractivity (Wildman–Crippen MR) is 65.5 cm³/mol. The van der Waals surface area contributed by atoms with Crippen LogP contribution in [0.2, 0.25) is 0 Å². The van der Waals surface area contributed by atoms with Crippen molar-refractivity contribution in [1.82, 2.24) is 4.98 Å². The highest BCUT2D eigenvalue weighted by atomic mass is 32.1. The predicted octanol–water partition coefficient (Wildman–Crippen LogP) is 0.152. The van der Waals surface area contributed by atoms with Gasteiger partial charge in [-0.3, -0.25) is 9.78 Å². The number of H-pyrrole nitrogens is 1. The molecule has 2 aromatic rings. The van der Waals surface area contributed by atoms with E-state index >= 15 is 0 Å². The summed E-state index contributed by atoms with van der Waals surface area (Å²) in [6, 6.07) is 5.08. The molecule has 0 spiro atoms. The van der Waals surface area contributed by atoms with E-state index in [4.69, 9.17) is 9.39 Å². The van der Waals surface area contributed by atoms with Crippen LogP contribution in [0.1, 0.15) is 5.56 Å². The summed E-state index contributed by atoms with van der Waals surface area (Å²) in [5, 5.41) is 19.0. The Labute approximate surface area is 106 Å². The molecule has 0 unspecified atom stereocenters. The molecule has 3 rings (SSSR count). The van der Waals surface area contributed by atoms with Crippen molar-refractivity contribution in [2.24, 2.45) is 0 Å². The van der Waals surface area contributed by atoms with Gasteiger partial charge in [0.05, 0.1) is 6.61 Å². The van der Waals surface area contributed by atoms with Crippen LogP contribution < -0.4 is 15.1 Å². The lowest BCUT2D eigenvalue weighted by Gasteiger charge is -2.05. The van der Waals surface area contributed by atoms with Crippen LogP contribution in [0.5, 0.6) is 16.7 Å². The van der Waals surface area contributed by atoms with Crippen LogP contribution in [-0.2, 0) is 11.3 Å². The fourth-order valence-corrected chi connectivity index (χ4v) is 2.34. The fraction of sp³-hybridized carbons (Fsp3) is 0.100. The summed E-state index contributed by atoms with van der Waals surface area (Å²) in [5.74, 6) is 0.117. The lowest BCUT2D eigenvalue weighted by molar-refractivity contribution is 0.275. The van der Waals surface area contributed by atoms with Crippen molar-refractivity contribution in [1.29, 1.82) is 0 Å². The van der Waals surface area contributed by atoms with Crippen LogP contribution in [0.15, 0.2) is 23.0 Å². The number of rotatable bonds is 2. The van der Waals surface area contributed by atoms with E-state index in [2.05, 4.69) is 4.98 Å². The van der Waals surface area contributed by atoms with Gasteiger partial charge in [-0.15, -0.1) is 0 Å². The summed E-state index contributed by atoms with van der Waals surface area (Å²) in [7, 11) is -0.956. The minimum atomic E-state index is -0.956. The Morgan fingerprint density at radius 2 is 2.33 bits per heavy atom. The Bertz CT molecular complexity index is 652. The standard InChI is InChI=1S/C10H8BNO5S/c13-8-9(18-10(14)12-8)17-6-2-1-5-4-16-11(15)7(5)3-6/h1-3,13,15H,4H2,(H,12,14). The van der Waals surface area contributed by atoms with Gasteiger partial charge in [-0.2, -0.15) is 0 Å². The zero-order chi connectivity index (χ0) is 12.7. The van der Waals surface area contributed by atoms with Gasteiger partial charge in [0, 0.05) is 0 Å². The molecule has 0 fully saturated rings. The minimum absolute atomic E-state index is 0.0911. The Kier molecular flexibility index (Phi) is 2.62. The summed E-state index contributed by atoms with van der Waals surface area (Å²) in [6.07, 6.45) is 0. The number of aromatic nitrogens is 1. The third-order valence-corrected chi connectivity index (χ3v) is 3.34. The zero-order valence-corrected chi connectivity index (χ0v) is 9.86. The van der Waals surface area contributed by atoms with Crippen molar-refractivity contribution < 1.29 is 19.5 Å². The van der Waals surface area contributed by atoms with Gasteiger partial charge in [0.1, 0.15) is 5.75 Å². The Morgan fingerprint density at radius 1 is 1.50 bits per heavy atom. The van der Waals surface area contributed by atoms with Gasteiger partial charge in [0.2, 0.25) is 10.9 Å². The first-order chi connectivity index (χ1) is 8.63. The zero-order valence-electron chi connectivity index (χ0n) is 9.04. The second kappa shape index (κ2) is 4.16. The first-order valence-electron chi connectivity index (χ1n) is 5.16. The lowest BCUT2D eigenvalue weighted by atomic mass is 9.79. The summed E-state index contributed by atoms with van der Waals surface area (Å²) < 4.78 is 10.4. The molecule has 1 aromatic heterocycles. The molecule has 0 aliphatic carbocycles. The van der Waals surface area contributed by atoms with E-state index in [1.165, 1.54) is 0 Å². The second-order valence-corrected chi connectivity index (χ2v) is 4.72. The Balaban J connectivity index is 1.92. The molecular formula is C10H8BNO5S. The van der Waals surface area contributed by atoms with Crippen molar-refractivity contribution in [2.75, 3.05) is 0 Å². The smallest absolute Gasteiger partial charge is 0.491 e. The van der Waals surface area contributed by atoms with Crippen LogP contribution in [0.3, 0.4) is 0 Å². The Hall–Kier alpha value is -1.77. The number of benzene rings is 1. The fourth-order valence-electron chi connectivity index (χ4n) is 1.74. The van der Waals surface area contributed by atoms with Gasteiger partial charge < -0.3 is 19.5 Å². The summed E-state index contributed by atoms with van der Waals surface area (Å²) in [6.45, 7) is 0.361. The number of ether oxygens (including phenoxy) is 1. The van der Waals surface area contributed by atoms with Gasteiger partial charge in [-0.1, -0.05) is 6.07 Å². The topological polar surface area (TPSA) is 91.8 Å². The average Bonchev–Trinajstić information content (AvgIpc) is 2.84. The highest BCUT2D eigenvalue weighted by Gasteiger charge is 2.27. The van der Waals surface area contributed by atoms with Gasteiger partial charge in [0.25, 0.3) is 0 Å². The lowest BCUT2D eigenvalue weighted by Crippen LogP contribution is -2.27. The van der Waals surface area contributed by atoms with Crippen LogP contribution >= 0.6 is 11.3 Å². The quantitative estimate of drug-likeness (QED) is 0.672. The van der Waals surface area contributed by atoms with E-state index in [1.54, 1.807) is 18.2 Å².